The molecule has 2 heterocycles. The summed E-state index contributed by atoms with van der Waals surface area (Å²) in [6, 6.07) is 0.562. The van der Waals surface area contributed by atoms with Gasteiger partial charge in [0.25, 0.3) is 0 Å². The molecule has 1 N–H and O–H groups in total. The number of carboxylic acid groups (broad SMARTS) is 1. The average molecular weight is 337 g/mol. The van der Waals surface area contributed by atoms with Gasteiger partial charge in [0.2, 0.25) is 0 Å². The number of aliphatic hydroxyl groups is 1. The third kappa shape index (κ3) is 5.40. The summed E-state index contributed by atoms with van der Waals surface area (Å²) in [5.41, 5.74) is 0. The molecule has 0 amide bonds. The quantitative estimate of drug-likeness (QED) is 0.540. The van der Waals surface area contributed by atoms with Crippen molar-refractivity contribution in [3.63, 3.8) is 0 Å². The van der Waals surface area contributed by atoms with Crippen LogP contribution in [0.25, 0.3) is 0 Å². The van der Waals surface area contributed by atoms with Crippen LogP contribution in [-0.4, -0.2) is 47.8 Å². The van der Waals surface area contributed by atoms with Crippen LogP contribution in [0.3, 0.4) is 0 Å². The second-order valence-electron chi connectivity index (χ2n) is 6.17. The number of piperidine rings is 2. The molecule has 2 fully saturated rings. The van der Waals surface area contributed by atoms with Crippen LogP contribution in [0.15, 0.2) is 0 Å². The Morgan fingerprint density at radius 3 is 2.21 bits per heavy atom. The number of carbonyl (C=O) groups excluding carboxylic acids is 1. The summed E-state index contributed by atoms with van der Waals surface area (Å²) in [5.74, 6) is -1.33. The fourth-order valence-electron chi connectivity index (χ4n) is 3.04. The number of hydrogen-bond donors (Lipinski definition) is 1. The summed E-state index contributed by atoms with van der Waals surface area (Å²) in [7, 11) is 2.33. The first-order valence-electron chi connectivity index (χ1n) is 7.10. The maximum Gasteiger partial charge on any atom is 0.115 e. The Hall–Kier alpha value is -0.130. The summed E-state index contributed by atoms with van der Waals surface area (Å²) >= 11 is 0. The van der Waals surface area contributed by atoms with E-state index in [9.17, 15) is 15.0 Å². The van der Waals surface area contributed by atoms with Crippen molar-refractivity contribution < 1.29 is 36.5 Å². The van der Waals surface area contributed by atoms with Crippen molar-refractivity contribution in [2.24, 2.45) is 5.92 Å². The van der Waals surface area contributed by atoms with Gasteiger partial charge in [0, 0.05) is 12.4 Å². The van der Waals surface area contributed by atoms with Crippen LogP contribution in [0, 0.1) is 5.92 Å². The number of fused-ring (bicyclic) bond motifs is 1. The molecule has 0 aromatic rings. The van der Waals surface area contributed by atoms with Crippen molar-refractivity contribution in [1.82, 2.24) is 0 Å². The maximum atomic E-state index is 9.85. The van der Waals surface area contributed by atoms with Crippen LogP contribution in [-0.2, 0) is 4.79 Å². The number of quaternary nitrogens is 1. The molecule has 0 aliphatic carbocycles. The van der Waals surface area contributed by atoms with E-state index in [0.29, 0.717) is 6.04 Å². The molecule has 2 saturated heterocycles. The minimum Gasteiger partial charge on any atom is -1.00 e. The molecule has 0 aromatic heterocycles. The van der Waals surface area contributed by atoms with Crippen molar-refractivity contribution >= 4 is 5.97 Å². The van der Waals surface area contributed by atoms with E-state index in [1.54, 1.807) is 13.8 Å². The first kappa shape index (κ1) is 18.9. The predicted molar refractivity (Wildman–Crippen MR) is 68.6 cm³/mol. The van der Waals surface area contributed by atoms with E-state index < -0.39 is 5.97 Å². The standard InChI is InChI=1S/C10H20NO.C4H8O2.BrH/c1-11-7-3-2-5-9(11)10(12)6-4-8-11;1-3(2)4(5)6;/h9-10,12H,2-8H2,1H3;3H,1-2H3,(H,5,6);1H/q+1;;/p-2. The lowest BCUT2D eigenvalue weighted by molar-refractivity contribution is -0.946. The van der Waals surface area contributed by atoms with Crippen LogP contribution in [0.2, 0.25) is 0 Å². The van der Waals surface area contributed by atoms with Gasteiger partial charge in [0.05, 0.1) is 20.1 Å². The van der Waals surface area contributed by atoms with Crippen molar-refractivity contribution in [1.29, 1.82) is 0 Å². The molecule has 2 aliphatic heterocycles. The summed E-state index contributed by atoms with van der Waals surface area (Å²) < 4.78 is 1.15. The van der Waals surface area contributed by atoms with Crippen LogP contribution in [0.1, 0.15) is 46.0 Å². The first-order chi connectivity index (χ1) is 8.37. The smallest absolute Gasteiger partial charge is 0.115 e. The number of halogens is 1. The largest absolute Gasteiger partial charge is 1.00 e. The van der Waals surface area contributed by atoms with Gasteiger partial charge in [0.1, 0.15) is 12.1 Å². The number of aliphatic carboxylic acids is 1. The summed E-state index contributed by atoms with van der Waals surface area (Å²) in [5, 5.41) is 19.4. The van der Waals surface area contributed by atoms with Crippen molar-refractivity contribution in [3.05, 3.63) is 0 Å². The number of hydrogen-bond acceptors (Lipinski definition) is 3. The normalized spacial score (nSPS) is 33.5. The van der Waals surface area contributed by atoms with Crippen LogP contribution >= 0.6 is 0 Å². The van der Waals surface area contributed by atoms with Gasteiger partial charge in [-0.15, -0.1) is 0 Å². The molecule has 3 atom stereocenters. The Bertz CT molecular complexity index is 282. The van der Waals surface area contributed by atoms with Crippen molar-refractivity contribution in [2.45, 2.75) is 58.1 Å². The Balaban J connectivity index is 0.000000404. The van der Waals surface area contributed by atoms with E-state index in [-0.39, 0.29) is 29.0 Å². The van der Waals surface area contributed by atoms with Gasteiger partial charge in [-0.1, -0.05) is 13.8 Å². The van der Waals surface area contributed by atoms with Gasteiger partial charge in [-0.2, -0.15) is 0 Å². The lowest BCUT2D eigenvalue weighted by Gasteiger charge is -2.49. The molecule has 3 unspecified atom stereocenters. The van der Waals surface area contributed by atoms with E-state index in [4.69, 9.17) is 0 Å². The highest BCUT2D eigenvalue weighted by Gasteiger charge is 2.42. The fraction of sp³-hybridized carbons (Fsp3) is 0.929. The van der Waals surface area contributed by atoms with Crippen LogP contribution < -0.4 is 22.1 Å². The van der Waals surface area contributed by atoms with Crippen LogP contribution in [0.4, 0.5) is 0 Å². The van der Waals surface area contributed by atoms with Gasteiger partial charge in [-0.3, -0.25) is 0 Å². The number of carboxylic acids is 1. The van der Waals surface area contributed by atoms with Crippen LogP contribution in [0.5, 0.6) is 0 Å². The highest BCUT2D eigenvalue weighted by atomic mass is 79.9. The lowest BCUT2D eigenvalue weighted by Crippen LogP contribution is -3.00. The first-order valence-corrected chi connectivity index (χ1v) is 7.10. The second kappa shape index (κ2) is 8.22. The summed E-state index contributed by atoms with van der Waals surface area (Å²) in [6.45, 7) is 5.74. The molecule has 0 aromatic carbocycles. The zero-order valence-corrected chi connectivity index (χ0v) is 13.9. The van der Waals surface area contributed by atoms with Gasteiger partial charge >= 0.3 is 0 Å². The zero-order chi connectivity index (χ0) is 13.8. The molecule has 0 spiro atoms. The maximum absolute atomic E-state index is 9.85. The average Bonchev–Trinajstić information content (AvgIpc) is 2.29. The molecule has 0 bridgehead atoms. The number of rotatable bonds is 1. The Kier molecular flexibility index (Phi) is 8.17. The van der Waals surface area contributed by atoms with E-state index >= 15 is 0 Å². The van der Waals surface area contributed by atoms with E-state index in [1.807, 2.05) is 0 Å². The number of nitrogens with zero attached hydrogens (tertiary/aromatic N) is 1. The molecule has 19 heavy (non-hydrogen) atoms. The third-order valence-corrected chi connectivity index (χ3v) is 4.30. The third-order valence-electron chi connectivity index (χ3n) is 4.30. The fourth-order valence-corrected chi connectivity index (χ4v) is 3.04. The number of likely N-dealkylation sites (N-methyl/N-ethyl adjacent to an activating group) is 1. The van der Waals surface area contributed by atoms with Gasteiger partial charge in [-0.05, 0) is 31.6 Å². The molecule has 2 aliphatic rings. The number of carbonyl (C=O) groups is 1. The van der Waals surface area contributed by atoms with E-state index in [2.05, 4.69) is 7.05 Å². The van der Waals surface area contributed by atoms with Gasteiger partial charge in [-0.25, -0.2) is 0 Å². The van der Waals surface area contributed by atoms with E-state index in [0.717, 1.165) is 10.9 Å². The molecule has 5 heteroatoms. The summed E-state index contributed by atoms with van der Waals surface area (Å²) in [4.78, 5) is 9.59. The highest BCUT2D eigenvalue weighted by molar-refractivity contribution is 5.66. The van der Waals surface area contributed by atoms with Gasteiger partial charge in [0.15, 0.2) is 0 Å². The predicted octanol–water partition coefficient (Wildman–Crippen LogP) is -2.46. The minimum atomic E-state index is -0.991. The summed E-state index contributed by atoms with van der Waals surface area (Å²) in [6.07, 6.45) is 6.18. The second-order valence-corrected chi connectivity index (χ2v) is 6.17. The molecular weight excluding hydrogens is 310 g/mol. The van der Waals surface area contributed by atoms with E-state index in [1.165, 1.54) is 38.8 Å². The zero-order valence-electron chi connectivity index (χ0n) is 12.3. The lowest BCUT2D eigenvalue weighted by atomic mass is 9.88. The highest BCUT2D eigenvalue weighted by Crippen LogP contribution is 2.31. The Morgan fingerprint density at radius 2 is 1.74 bits per heavy atom. The monoisotopic (exact) mass is 336 g/mol. The van der Waals surface area contributed by atoms with Gasteiger partial charge < -0.3 is 36.5 Å². The topological polar surface area (TPSA) is 60.4 Å². The molecule has 114 valence electrons. The molecule has 0 saturated carbocycles. The molecular formula is C14H27BrNO3-. The molecule has 0 radical (unpaired) electrons. The Labute approximate surface area is 127 Å². The minimum absolute atomic E-state index is 0. The SMILES string of the molecule is CC(C)C(=O)[O-].C[N+]12CCCCC1C(O)CCC2.[Br-]. The van der Waals surface area contributed by atoms with Crippen molar-refractivity contribution in [2.75, 3.05) is 20.1 Å². The Morgan fingerprint density at radius 1 is 1.21 bits per heavy atom. The molecule has 2 rings (SSSR count). The number of aliphatic hydroxyl groups excluding tert-OH is 1. The molecule has 4 nitrogen and oxygen atoms in total. The van der Waals surface area contributed by atoms with Crippen molar-refractivity contribution in [3.8, 4) is 0 Å².